The van der Waals surface area contributed by atoms with Gasteiger partial charge in [0.2, 0.25) is 5.91 Å². The fourth-order valence-corrected chi connectivity index (χ4v) is 1.52. The summed E-state index contributed by atoms with van der Waals surface area (Å²) in [6, 6.07) is 2.08. The fourth-order valence-electron chi connectivity index (χ4n) is 1.52. The number of anilines is 2. The first-order valence-electron chi connectivity index (χ1n) is 5.89. The third-order valence-electron chi connectivity index (χ3n) is 2.73. The minimum Gasteiger partial charge on any atom is -0.387 e. The third-order valence-corrected chi connectivity index (χ3v) is 2.73. The predicted octanol–water partition coefficient (Wildman–Crippen LogP) is 1.20. The third kappa shape index (κ3) is 3.34. The highest BCUT2D eigenvalue weighted by Crippen LogP contribution is 2.19. The molecule has 1 aromatic rings. The lowest BCUT2D eigenvalue weighted by Crippen LogP contribution is -2.38. The summed E-state index contributed by atoms with van der Waals surface area (Å²) in [5, 5.41) is 9.11. The molecule has 1 aliphatic carbocycles. The van der Waals surface area contributed by atoms with Crippen molar-refractivity contribution in [1.29, 1.82) is 0 Å². The molecule has 5 heteroatoms. The van der Waals surface area contributed by atoms with Gasteiger partial charge in [-0.25, -0.2) is 0 Å². The van der Waals surface area contributed by atoms with E-state index in [0.29, 0.717) is 6.04 Å². The molecule has 1 amide bonds. The molecule has 1 unspecified atom stereocenters. The Kier molecular flexibility index (Phi) is 3.46. The number of pyridine rings is 1. The van der Waals surface area contributed by atoms with Crippen molar-refractivity contribution >= 4 is 17.3 Å². The first kappa shape index (κ1) is 11.7. The van der Waals surface area contributed by atoms with E-state index in [1.807, 2.05) is 20.0 Å². The van der Waals surface area contributed by atoms with Gasteiger partial charge in [-0.3, -0.25) is 9.78 Å². The lowest BCUT2D eigenvalue weighted by atomic mass is 10.2. The molecule has 0 spiro atoms. The van der Waals surface area contributed by atoms with E-state index in [0.717, 1.165) is 24.2 Å². The van der Waals surface area contributed by atoms with Gasteiger partial charge in [0, 0.05) is 13.1 Å². The van der Waals surface area contributed by atoms with E-state index in [2.05, 4.69) is 20.9 Å². The molecule has 17 heavy (non-hydrogen) atoms. The summed E-state index contributed by atoms with van der Waals surface area (Å²) in [6.45, 7) is 1.85. The van der Waals surface area contributed by atoms with Gasteiger partial charge in [0.25, 0.3) is 0 Å². The van der Waals surface area contributed by atoms with Crippen molar-refractivity contribution in [2.24, 2.45) is 0 Å². The second-order valence-corrected chi connectivity index (χ2v) is 4.36. The highest BCUT2D eigenvalue weighted by molar-refractivity contribution is 5.84. The number of hydrogen-bond acceptors (Lipinski definition) is 4. The largest absolute Gasteiger partial charge is 0.387 e. The average Bonchev–Trinajstić information content (AvgIpc) is 3.13. The lowest BCUT2D eigenvalue weighted by molar-refractivity contribution is -0.121. The first-order valence-corrected chi connectivity index (χ1v) is 5.89. The number of aromatic nitrogens is 1. The molecule has 1 heterocycles. The van der Waals surface area contributed by atoms with Gasteiger partial charge in [-0.15, -0.1) is 0 Å². The van der Waals surface area contributed by atoms with Gasteiger partial charge in [0.05, 0.1) is 23.8 Å². The van der Waals surface area contributed by atoms with E-state index in [1.54, 1.807) is 12.4 Å². The van der Waals surface area contributed by atoms with Gasteiger partial charge in [-0.1, -0.05) is 0 Å². The molecule has 1 saturated carbocycles. The van der Waals surface area contributed by atoms with Crippen LogP contribution in [-0.2, 0) is 4.79 Å². The van der Waals surface area contributed by atoms with Crippen LogP contribution in [0.2, 0.25) is 0 Å². The van der Waals surface area contributed by atoms with Crippen molar-refractivity contribution in [3.63, 3.8) is 0 Å². The Hall–Kier alpha value is -1.78. The van der Waals surface area contributed by atoms with Gasteiger partial charge >= 0.3 is 0 Å². The smallest absolute Gasteiger partial charge is 0.242 e. The molecule has 0 radical (unpaired) electrons. The van der Waals surface area contributed by atoms with Gasteiger partial charge in [0.15, 0.2) is 0 Å². The van der Waals surface area contributed by atoms with Gasteiger partial charge < -0.3 is 16.0 Å². The highest BCUT2D eigenvalue weighted by Gasteiger charge is 2.25. The van der Waals surface area contributed by atoms with Crippen molar-refractivity contribution in [3.8, 4) is 0 Å². The molecule has 1 atom stereocenters. The Morgan fingerprint density at radius 2 is 2.12 bits per heavy atom. The van der Waals surface area contributed by atoms with Crippen LogP contribution in [0.4, 0.5) is 11.4 Å². The van der Waals surface area contributed by atoms with E-state index in [4.69, 9.17) is 0 Å². The Labute approximate surface area is 101 Å². The number of carbonyl (C=O) groups is 1. The number of carbonyl (C=O) groups excluding carboxylic acids is 1. The van der Waals surface area contributed by atoms with Crippen LogP contribution in [0.1, 0.15) is 19.8 Å². The topological polar surface area (TPSA) is 66.0 Å². The van der Waals surface area contributed by atoms with Crippen molar-refractivity contribution in [1.82, 2.24) is 10.3 Å². The van der Waals surface area contributed by atoms with E-state index in [1.165, 1.54) is 0 Å². The molecule has 5 nitrogen and oxygen atoms in total. The lowest BCUT2D eigenvalue weighted by Gasteiger charge is -2.15. The number of amides is 1. The molecule has 0 aliphatic heterocycles. The van der Waals surface area contributed by atoms with Crippen LogP contribution in [0.3, 0.4) is 0 Å². The SMILES string of the molecule is CNc1cncc(NC(C)C(=O)NC2CC2)c1. The van der Waals surface area contributed by atoms with Crippen molar-refractivity contribution < 1.29 is 4.79 Å². The molecule has 0 bridgehead atoms. The zero-order chi connectivity index (χ0) is 12.3. The molecule has 0 aromatic carbocycles. The molecule has 1 aromatic heterocycles. The molecular weight excluding hydrogens is 216 g/mol. The molecule has 92 valence electrons. The highest BCUT2D eigenvalue weighted by atomic mass is 16.2. The summed E-state index contributed by atoms with van der Waals surface area (Å²) < 4.78 is 0. The number of nitrogens with one attached hydrogen (secondary N) is 3. The zero-order valence-corrected chi connectivity index (χ0v) is 10.2. The standard InChI is InChI=1S/C12H18N4O/c1-8(12(17)16-9-3-4-9)15-11-5-10(13-2)6-14-7-11/h5-9,13,15H,3-4H2,1-2H3,(H,16,17). The minimum absolute atomic E-state index is 0.0439. The predicted molar refractivity (Wildman–Crippen MR) is 68.0 cm³/mol. The summed E-state index contributed by atoms with van der Waals surface area (Å²) in [5.41, 5.74) is 1.76. The van der Waals surface area contributed by atoms with Crippen molar-refractivity contribution in [2.45, 2.75) is 31.8 Å². The van der Waals surface area contributed by atoms with Gasteiger partial charge in [-0.2, -0.15) is 0 Å². The summed E-state index contributed by atoms with van der Waals surface area (Å²) in [7, 11) is 1.84. The number of hydrogen-bond donors (Lipinski definition) is 3. The zero-order valence-electron chi connectivity index (χ0n) is 10.2. The maximum Gasteiger partial charge on any atom is 0.242 e. The normalized spacial score (nSPS) is 16.1. The average molecular weight is 234 g/mol. The van der Waals surface area contributed by atoms with Crippen LogP contribution in [0.5, 0.6) is 0 Å². The molecule has 3 N–H and O–H groups in total. The maximum absolute atomic E-state index is 11.7. The van der Waals surface area contributed by atoms with Gasteiger partial charge in [-0.05, 0) is 25.8 Å². The van der Waals surface area contributed by atoms with Crippen LogP contribution < -0.4 is 16.0 Å². The molecule has 2 rings (SSSR count). The summed E-state index contributed by atoms with van der Waals surface area (Å²) in [6.07, 6.45) is 5.66. The van der Waals surface area contributed by atoms with Gasteiger partial charge in [0.1, 0.15) is 6.04 Å². The molecule has 1 fully saturated rings. The Bertz CT molecular complexity index is 403. The monoisotopic (exact) mass is 234 g/mol. The summed E-state index contributed by atoms with van der Waals surface area (Å²) in [5.74, 6) is 0.0439. The van der Waals surface area contributed by atoms with Crippen LogP contribution >= 0.6 is 0 Å². The summed E-state index contributed by atoms with van der Waals surface area (Å²) >= 11 is 0. The number of nitrogens with zero attached hydrogens (tertiary/aromatic N) is 1. The van der Waals surface area contributed by atoms with E-state index >= 15 is 0 Å². The number of rotatable bonds is 5. The molecule has 0 saturated heterocycles. The van der Waals surface area contributed by atoms with E-state index in [-0.39, 0.29) is 11.9 Å². The first-order chi connectivity index (χ1) is 8.19. The fraction of sp³-hybridized carbons (Fsp3) is 0.500. The minimum atomic E-state index is -0.246. The van der Waals surface area contributed by atoms with Crippen molar-refractivity contribution in [3.05, 3.63) is 18.5 Å². The van der Waals surface area contributed by atoms with E-state index in [9.17, 15) is 4.79 Å². The Morgan fingerprint density at radius 1 is 1.41 bits per heavy atom. The second kappa shape index (κ2) is 5.03. The second-order valence-electron chi connectivity index (χ2n) is 4.36. The van der Waals surface area contributed by atoms with Crippen LogP contribution in [-0.4, -0.2) is 30.0 Å². The Morgan fingerprint density at radius 3 is 2.76 bits per heavy atom. The quantitative estimate of drug-likeness (QED) is 0.716. The Balaban J connectivity index is 1.91. The molecule has 1 aliphatic rings. The van der Waals surface area contributed by atoms with Crippen molar-refractivity contribution in [2.75, 3.05) is 17.7 Å². The maximum atomic E-state index is 11.7. The van der Waals surface area contributed by atoms with E-state index < -0.39 is 0 Å². The van der Waals surface area contributed by atoms with Crippen LogP contribution in [0.25, 0.3) is 0 Å². The summed E-state index contributed by atoms with van der Waals surface area (Å²) in [4.78, 5) is 15.8. The molecular formula is C12H18N4O. The van der Waals surface area contributed by atoms with Crippen LogP contribution in [0.15, 0.2) is 18.5 Å². The van der Waals surface area contributed by atoms with Crippen LogP contribution in [0, 0.1) is 0 Å².